The first-order valence-electron chi connectivity index (χ1n) is 8.65. The van der Waals surface area contributed by atoms with Crippen LogP contribution in [0.3, 0.4) is 0 Å². The molecular weight excluding hydrogens is 406 g/mol. The summed E-state index contributed by atoms with van der Waals surface area (Å²) < 4.78 is 12.0. The van der Waals surface area contributed by atoms with Crippen molar-refractivity contribution < 1.29 is 14.3 Å². The molecule has 0 spiro atoms. The lowest BCUT2D eigenvalue weighted by molar-refractivity contribution is 0.0950. The van der Waals surface area contributed by atoms with Gasteiger partial charge in [-0.2, -0.15) is 0 Å². The van der Waals surface area contributed by atoms with Crippen LogP contribution in [0.5, 0.6) is 11.5 Å². The first-order chi connectivity index (χ1) is 13.2. The van der Waals surface area contributed by atoms with Crippen molar-refractivity contribution in [1.82, 2.24) is 5.32 Å². The van der Waals surface area contributed by atoms with Gasteiger partial charge in [0.05, 0.1) is 4.47 Å². The third-order valence-corrected chi connectivity index (χ3v) is 4.46. The fourth-order valence-electron chi connectivity index (χ4n) is 2.47. The second-order valence-corrected chi connectivity index (χ2v) is 6.68. The molecular formula is C22H20BrNO3. The minimum atomic E-state index is -0.126. The summed E-state index contributed by atoms with van der Waals surface area (Å²) in [6.07, 6.45) is 0. The van der Waals surface area contributed by atoms with E-state index < -0.39 is 0 Å². The van der Waals surface area contributed by atoms with E-state index in [4.69, 9.17) is 9.47 Å². The summed E-state index contributed by atoms with van der Waals surface area (Å²) >= 11 is 3.46. The number of nitrogens with one attached hydrogen (secondary N) is 1. The third-order valence-electron chi connectivity index (χ3n) is 3.84. The summed E-state index contributed by atoms with van der Waals surface area (Å²) in [6, 6.07) is 24.7. The van der Waals surface area contributed by atoms with Gasteiger partial charge in [-0.1, -0.05) is 48.5 Å². The summed E-state index contributed by atoms with van der Waals surface area (Å²) in [4.78, 5) is 12.3. The Labute approximate surface area is 167 Å². The van der Waals surface area contributed by atoms with Crippen LogP contribution >= 0.6 is 15.9 Å². The van der Waals surface area contributed by atoms with Gasteiger partial charge in [-0.05, 0) is 51.8 Å². The van der Waals surface area contributed by atoms with Gasteiger partial charge in [-0.15, -0.1) is 0 Å². The molecule has 3 aromatic rings. The molecule has 0 aliphatic rings. The van der Waals surface area contributed by atoms with E-state index in [0.29, 0.717) is 31.1 Å². The molecule has 0 heterocycles. The molecule has 0 aliphatic carbocycles. The number of hydrogen-bond donors (Lipinski definition) is 1. The van der Waals surface area contributed by atoms with E-state index in [1.807, 2.05) is 60.7 Å². The normalized spacial score (nSPS) is 10.3. The van der Waals surface area contributed by atoms with Crippen LogP contribution in [0.2, 0.25) is 0 Å². The molecule has 1 amide bonds. The Morgan fingerprint density at radius 3 is 2.22 bits per heavy atom. The van der Waals surface area contributed by atoms with E-state index >= 15 is 0 Å². The number of carbonyl (C=O) groups is 1. The van der Waals surface area contributed by atoms with Crippen molar-refractivity contribution in [2.75, 3.05) is 13.2 Å². The highest BCUT2D eigenvalue weighted by Crippen LogP contribution is 2.26. The van der Waals surface area contributed by atoms with Gasteiger partial charge in [0.1, 0.15) is 24.7 Å². The van der Waals surface area contributed by atoms with Crippen LogP contribution in [0.4, 0.5) is 0 Å². The van der Waals surface area contributed by atoms with Crippen molar-refractivity contribution in [2.45, 2.75) is 6.54 Å². The minimum Gasteiger partial charge on any atom is -0.490 e. The highest BCUT2D eigenvalue weighted by atomic mass is 79.9. The van der Waals surface area contributed by atoms with Gasteiger partial charge >= 0.3 is 0 Å². The molecule has 3 aromatic carbocycles. The van der Waals surface area contributed by atoms with Crippen molar-refractivity contribution in [1.29, 1.82) is 0 Å². The van der Waals surface area contributed by atoms with Crippen molar-refractivity contribution in [3.05, 3.63) is 94.5 Å². The molecule has 5 heteroatoms. The van der Waals surface area contributed by atoms with E-state index in [-0.39, 0.29) is 5.91 Å². The van der Waals surface area contributed by atoms with E-state index in [1.54, 1.807) is 18.2 Å². The zero-order valence-corrected chi connectivity index (χ0v) is 16.3. The van der Waals surface area contributed by atoms with Crippen molar-refractivity contribution in [3.8, 4) is 11.5 Å². The molecule has 0 unspecified atom stereocenters. The van der Waals surface area contributed by atoms with Crippen LogP contribution < -0.4 is 14.8 Å². The molecule has 0 saturated carbocycles. The molecule has 138 valence electrons. The number of amides is 1. The van der Waals surface area contributed by atoms with E-state index in [2.05, 4.69) is 21.2 Å². The molecule has 0 aliphatic heterocycles. The molecule has 0 atom stereocenters. The lowest BCUT2D eigenvalue weighted by Crippen LogP contribution is -2.22. The van der Waals surface area contributed by atoms with Crippen LogP contribution in [-0.4, -0.2) is 19.1 Å². The van der Waals surface area contributed by atoms with Gasteiger partial charge in [0.15, 0.2) is 0 Å². The first kappa shape index (κ1) is 19.0. The Bertz CT molecular complexity index is 869. The van der Waals surface area contributed by atoms with Crippen LogP contribution in [0.25, 0.3) is 0 Å². The van der Waals surface area contributed by atoms with Crippen molar-refractivity contribution in [2.24, 2.45) is 0 Å². The predicted molar refractivity (Wildman–Crippen MR) is 109 cm³/mol. The Morgan fingerprint density at radius 2 is 1.52 bits per heavy atom. The van der Waals surface area contributed by atoms with Gasteiger partial charge in [0.2, 0.25) is 0 Å². The fraction of sp³-hybridized carbons (Fsp3) is 0.136. The van der Waals surface area contributed by atoms with Crippen molar-refractivity contribution >= 4 is 21.8 Å². The molecule has 3 rings (SSSR count). The summed E-state index contributed by atoms with van der Waals surface area (Å²) in [5.74, 6) is 1.36. The second-order valence-electron chi connectivity index (χ2n) is 5.82. The van der Waals surface area contributed by atoms with Gasteiger partial charge in [0.25, 0.3) is 5.91 Å². The molecule has 0 saturated heterocycles. The summed E-state index contributed by atoms with van der Waals surface area (Å²) in [5.41, 5.74) is 1.63. The lowest BCUT2D eigenvalue weighted by Gasteiger charge is -2.11. The van der Waals surface area contributed by atoms with Gasteiger partial charge < -0.3 is 14.8 Å². The standard InChI is InChI=1S/C22H20BrNO3/c23-20-15-18(22(25)24-16-17-7-3-1-4-8-17)11-12-21(20)27-14-13-26-19-9-5-2-6-10-19/h1-12,15H,13-14,16H2,(H,24,25). The monoisotopic (exact) mass is 425 g/mol. The van der Waals surface area contributed by atoms with Crippen molar-refractivity contribution in [3.63, 3.8) is 0 Å². The summed E-state index contributed by atoms with van der Waals surface area (Å²) in [5, 5.41) is 2.91. The largest absolute Gasteiger partial charge is 0.490 e. The second kappa shape index (κ2) is 9.78. The average molecular weight is 426 g/mol. The quantitative estimate of drug-likeness (QED) is 0.525. The Kier molecular flexibility index (Phi) is 6.88. The predicted octanol–water partition coefficient (Wildman–Crippen LogP) is 4.84. The molecule has 4 nitrogen and oxygen atoms in total. The van der Waals surface area contributed by atoms with Crippen LogP contribution in [0.15, 0.2) is 83.3 Å². The SMILES string of the molecule is O=C(NCc1ccccc1)c1ccc(OCCOc2ccccc2)c(Br)c1. The fourth-order valence-corrected chi connectivity index (χ4v) is 2.96. The van der Waals surface area contributed by atoms with Gasteiger partial charge in [0, 0.05) is 12.1 Å². The molecule has 0 radical (unpaired) electrons. The molecule has 0 fully saturated rings. The van der Waals surface area contributed by atoms with Crippen LogP contribution in [-0.2, 0) is 6.54 Å². The Hall–Kier alpha value is -2.79. The maximum atomic E-state index is 12.3. The average Bonchev–Trinajstić information content (AvgIpc) is 2.72. The number of hydrogen-bond acceptors (Lipinski definition) is 3. The van der Waals surface area contributed by atoms with Gasteiger partial charge in [-0.3, -0.25) is 4.79 Å². The number of rotatable bonds is 8. The number of para-hydroxylation sites is 1. The Morgan fingerprint density at radius 1 is 0.852 bits per heavy atom. The maximum Gasteiger partial charge on any atom is 0.251 e. The zero-order valence-electron chi connectivity index (χ0n) is 14.7. The lowest BCUT2D eigenvalue weighted by atomic mass is 10.2. The minimum absolute atomic E-state index is 0.126. The van der Waals surface area contributed by atoms with Gasteiger partial charge in [-0.25, -0.2) is 0 Å². The number of benzene rings is 3. The smallest absolute Gasteiger partial charge is 0.251 e. The zero-order chi connectivity index (χ0) is 18.9. The number of halogens is 1. The first-order valence-corrected chi connectivity index (χ1v) is 9.44. The highest BCUT2D eigenvalue weighted by Gasteiger charge is 2.09. The molecule has 1 N–H and O–H groups in total. The van der Waals surface area contributed by atoms with E-state index in [0.717, 1.165) is 15.8 Å². The van der Waals surface area contributed by atoms with E-state index in [9.17, 15) is 4.79 Å². The molecule has 0 aromatic heterocycles. The number of ether oxygens (including phenoxy) is 2. The highest BCUT2D eigenvalue weighted by molar-refractivity contribution is 9.10. The molecule has 0 bridgehead atoms. The topological polar surface area (TPSA) is 47.6 Å². The summed E-state index contributed by atoms with van der Waals surface area (Å²) in [7, 11) is 0. The maximum absolute atomic E-state index is 12.3. The van der Waals surface area contributed by atoms with Crippen LogP contribution in [0.1, 0.15) is 15.9 Å². The third kappa shape index (κ3) is 5.86. The number of carbonyl (C=O) groups excluding carboxylic acids is 1. The Balaban J connectivity index is 1.48. The van der Waals surface area contributed by atoms with Crippen LogP contribution in [0, 0.1) is 0 Å². The summed E-state index contributed by atoms with van der Waals surface area (Å²) in [6.45, 7) is 1.34. The van der Waals surface area contributed by atoms with E-state index in [1.165, 1.54) is 0 Å². The molecule has 27 heavy (non-hydrogen) atoms.